The lowest BCUT2D eigenvalue weighted by Gasteiger charge is -2.19. The monoisotopic (exact) mass is 278 g/mol. The Morgan fingerprint density at radius 1 is 1.53 bits per heavy atom. The van der Waals surface area contributed by atoms with E-state index in [-0.39, 0.29) is 17.9 Å². The van der Waals surface area contributed by atoms with Gasteiger partial charge in [0.1, 0.15) is 0 Å². The van der Waals surface area contributed by atoms with Crippen LogP contribution in [0.5, 0.6) is 0 Å². The number of nitrogens with one attached hydrogen (secondary N) is 1. The number of primary amides is 1. The number of hydrogen-bond acceptors (Lipinski definition) is 2. The van der Waals surface area contributed by atoms with E-state index < -0.39 is 0 Å². The lowest BCUT2D eigenvalue weighted by Crippen LogP contribution is -2.45. The fraction of sp³-hybridized carbons (Fsp3) is 0.400. The third-order valence-electron chi connectivity index (χ3n) is 2.99. The van der Waals surface area contributed by atoms with Gasteiger partial charge in [0.05, 0.1) is 12.6 Å². The van der Waals surface area contributed by atoms with Crippen LogP contribution < -0.4 is 11.1 Å². The van der Waals surface area contributed by atoms with E-state index in [2.05, 4.69) is 17.2 Å². The Hall–Kier alpha value is -1.50. The summed E-state index contributed by atoms with van der Waals surface area (Å²) in [5.41, 5.74) is 6.21. The Balaban J connectivity index is 2.56. The molecule has 1 amide bonds. The Bertz CT molecular complexity index is 490. The zero-order valence-corrected chi connectivity index (χ0v) is 12.0. The van der Waals surface area contributed by atoms with Gasteiger partial charge in [-0.25, -0.2) is 0 Å². The zero-order valence-electron chi connectivity index (χ0n) is 11.2. The van der Waals surface area contributed by atoms with Crippen molar-refractivity contribution in [1.29, 1.82) is 0 Å². The van der Waals surface area contributed by atoms with E-state index in [1.54, 1.807) is 12.1 Å². The molecular formula is C15H19ClN2O. The summed E-state index contributed by atoms with van der Waals surface area (Å²) in [6.45, 7) is 4.44. The smallest absolute Gasteiger partial charge is 0.234 e. The van der Waals surface area contributed by atoms with Gasteiger partial charge in [-0.3, -0.25) is 10.1 Å². The quantitative estimate of drug-likeness (QED) is 0.811. The van der Waals surface area contributed by atoms with Crippen LogP contribution in [-0.2, 0) is 4.79 Å². The Morgan fingerprint density at radius 2 is 2.26 bits per heavy atom. The predicted molar refractivity (Wildman–Crippen MR) is 78.8 cm³/mol. The standard InChI is InChI=1S/C15H19ClN2O/c1-3-11(2)14(15(17)19)18-9-5-7-12-6-4-8-13(16)10-12/h4,6,8,10-11,14,18H,3,9H2,1-2H3,(H2,17,19)/t11-,14-/m0/s1. The van der Waals surface area contributed by atoms with Crippen LogP contribution in [0.4, 0.5) is 0 Å². The van der Waals surface area contributed by atoms with Crippen molar-refractivity contribution in [3.8, 4) is 11.8 Å². The first kappa shape index (κ1) is 15.6. The summed E-state index contributed by atoms with van der Waals surface area (Å²) < 4.78 is 0. The molecule has 3 nitrogen and oxygen atoms in total. The molecule has 0 radical (unpaired) electrons. The van der Waals surface area contributed by atoms with Crippen LogP contribution in [0, 0.1) is 17.8 Å². The summed E-state index contributed by atoms with van der Waals surface area (Å²) in [4.78, 5) is 11.3. The number of carbonyl (C=O) groups excluding carboxylic acids is 1. The van der Waals surface area contributed by atoms with Crippen molar-refractivity contribution in [2.24, 2.45) is 11.7 Å². The number of hydrogen-bond donors (Lipinski definition) is 2. The number of benzene rings is 1. The van der Waals surface area contributed by atoms with E-state index in [0.717, 1.165) is 12.0 Å². The first-order valence-electron chi connectivity index (χ1n) is 6.31. The molecule has 1 aromatic carbocycles. The van der Waals surface area contributed by atoms with Gasteiger partial charge in [0.15, 0.2) is 0 Å². The molecule has 1 rings (SSSR count). The second kappa shape index (κ2) is 7.83. The summed E-state index contributed by atoms with van der Waals surface area (Å²) in [6, 6.07) is 7.01. The van der Waals surface area contributed by atoms with Crippen LogP contribution in [0.3, 0.4) is 0 Å². The van der Waals surface area contributed by atoms with E-state index in [1.165, 1.54) is 0 Å². The van der Waals surface area contributed by atoms with E-state index in [4.69, 9.17) is 17.3 Å². The van der Waals surface area contributed by atoms with Crippen LogP contribution >= 0.6 is 11.6 Å². The Labute approximate surface area is 119 Å². The van der Waals surface area contributed by atoms with Crippen molar-refractivity contribution >= 4 is 17.5 Å². The van der Waals surface area contributed by atoms with Crippen LogP contribution in [0.1, 0.15) is 25.8 Å². The number of nitrogens with two attached hydrogens (primary N) is 1. The number of amides is 1. The largest absolute Gasteiger partial charge is 0.368 e. The molecule has 0 aliphatic carbocycles. The van der Waals surface area contributed by atoms with Gasteiger partial charge in [-0.2, -0.15) is 0 Å². The lowest BCUT2D eigenvalue weighted by atomic mass is 9.99. The molecule has 4 heteroatoms. The second-order valence-corrected chi connectivity index (χ2v) is 4.90. The maximum Gasteiger partial charge on any atom is 0.234 e. The zero-order chi connectivity index (χ0) is 14.3. The van der Waals surface area contributed by atoms with Crippen LogP contribution in [-0.4, -0.2) is 18.5 Å². The van der Waals surface area contributed by atoms with Gasteiger partial charge in [0.25, 0.3) is 0 Å². The molecule has 1 aromatic rings. The van der Waals surface area contributed by atoms with Crippen molar-refractivity contribution < 1.29 is 4.79 Å². The van der Waals surface area contributed by atoms with Crippen molar-refractivity contribution in [3.05, 3.63) is 34.9 Å². The Morgan fingerprint density at radius 3 is 2.84 bits per heavy atom. The van der Waals surface area contributed by atoms with Crippen LogP contribution in [0.2, 0.25) is 5.02 Å². The average molecular weight is 279 g/mol. The highest BCUT2D eigenvalue weighted by Gasteiger charge is 2.19. The van der Waals surface area contributed by atoms with E-state index in [9.17, 15) is 4.79 Å². The molecule has 0 spiro atoms. The minimum absolute atomic E-state index is 0.200. The molecule has 0 saturated heterocycles. The molecule has 102 valence electrons. The molecule has 3 N–H and O–H groups in total. The van der Waals surface area contributed by atoms with Crippen LogP contribution in [0.25, 0.3) is 0 Å². The molecule has 0 aliphatic rings. The SMILES string of the molecule is CC[C@H](C)[C@H](NCC#Cc1cccc(Cl)c1)C(N)=O. The second-order valence-electron chi connectivity index (χ2n) is 4.46. The van der Waals surface area contributed by atoms with Crippen molar-refractivity contribution in [3.63, 3.8) is 0 Å². The summed E-state index contributed by atoms with van der Waals surface area (Å²) in [5.74, 6) is 5.82. The minimum atomic E-state index is -0.335. The number of halogens is 1. The molecule has 0 unspecified atom stereocenters. The summed E-state index contributed by atoms with van der Waals surface area (Å²) in [5, 5.41) is 3.74. The highest BCUT2D eigenvalue weighted by molar-refractivity contribution is 6.30. The van der Waals surface area contributed by atoms with Crippen LogP contribution in [0.15, 0.2) is 24.3 Å². The third kappa shape index (κ3) is 5.34. The average Bonchev–Trinajstić information content (AvgIpc) is 2.37. The van der Waals surface area contributed by atoms with E-state index in [0.29, 0.717) is 11.6 Å². The molecule has 0 bridgehead atoms. The first-order valence-corrected chi connectivity index (χ1v) is 6.69. The first-order chi connectivity index (χ1) is 9.04. The van der Waals surface area contributed by atoms with Gasteiger partial charge >= 0.3 is 0 Å². The molecule has 19 heavy (non-hydrogen) atoms. The fourth-order valence-electron chi connectivity index (χ4n) is 1.69. The lowest BCUT2D eigenvalue weighted by molar-refractivity contribution is -0.121. The van der Waals surface area contributed by atoms with E-state index in [1.807, 2.05) is 26.0 Å². The summed E-state index contributed by atoms with van der Waals surface area (Å²) >= 11 is 5.87. The fourth-order valence-corrected chi connectivity index (χ4v) is 1.88. The van der Waals surface area contributed by atoms with E-state index >= 15 is 0 Å². The van der Waals surface area contributed by atoms with Gasteiger partial charge in [0.2, 0.25) is 5.91 Å². The van der Waals surface area contributed by atoms with Crippen molar-refractivity contribution in [2.45, 2.75) is 26.3 Å². The molecule has 0 aromatic heterocycles. The molecule has 0 aliphatic heterocycles. The summed E-state index contributed by atoms with van der Waals surface area (Å²) in [7, 11) is 0. The maximum absolute atomic E-state index is 11.3. The van der Waals surface area contributed by atoms with Gasteiger partial charge in [-0.15, -0.1) is 0 Å². The number of carbonyl (C=O) groups is 1. The third-order valence-corrected chi connectivity index (χ3v) is 3.22. The van der Waals surface area contributed by atoms with Gasteiger partial charge in [-0.05, 0) is 24.1 Å². The van der Waals surface area contributed by atoms with Crippen molar-refractivity contribution in [2.75, 3.05) is 6.54 Å². The topological polar surface area (TPSA) is 55.1 Å². The Kier molecular flexibility index (Phi) is 6.41. The van der Waals surface area contributed by atoms with Gasteiger partial charge in [0, 0.05) is 10.6 Å². The number of rotatable bonds is 5. The highest BCUT2D eigenvalue weighted by Crippen LogP contribution is 2.09. The molecular weight excluding hydrogens is 260 g/mol. The molecule has 0 heterocycles. The summed E-state index contributed by atoms with van der Waals surface area (Å²) in [6.07, 6.45) is 0.891. The molecule has 2 atom stereocenters. The minimum Gasteiger partial charge on any atom is -0.368 e. The predicted octanol–water partition coefficient (Wildman–Crippen LogP) is 2.18. The molecule has 0 saturated carbocycles. The highest BCUT2D eigenvalue weighted by atomic mass is 35.5. The van der Waals surface area contributed by atoms with Gasteiger partial charge in [-0.1, -0.05) is 49.8 Å². The normalized spacial score (nSPS) is 13.2. The van der Waals surface area contributed by atoms with Gasteiger partial charge < -0.3 is 5.73 Å². The van der Waals surface area contributed by atoms with Crippen molar-refractivity contribution in [1.82, 2.24) is 5.32 Å². The maximum atomic E-state index is 11.3. The molecule has 0 fully saturated rings.